The fourth-order valence-electron chi connectivity index (χ4n) is 2.37. The van der Waals surface area contributed by atoms with E-state index < -0.39 is 0 Å². The predicted molar refractivity (Wildman–Crippen MR) is 103 cm³/mol. The normalized spacial score (nSPS) is 10.0. The largest absolute Gasteiger partial charge is 0.357 e. The Hall–Kier alpha value is -2.48. The van der Waals surface area contributed by atoms with Crippen molar-refractivity contribution in [3.8, 4) is 6.07 Å². The first-order valence-corrected chi connectivity index (χ1v) is 8.31. The number of carbonyl (C=O) groups excluding carboxylic acids is 1. The molecule has 1 amide bonds. The van der Waals surface area contributed by atoms with E-state index in [1.807, 2.05) is 31.2 Å². The summed E-state index contributed by atoms with van der Waals surface area (Å²) in [7, 11) is 0. The summed E-state index contributed by atoms with van der Waals surface area (Å²) in [5.41, 5.74) is 3.92. The summed E-state index contributed by atoms with van der Waals surface area (Å²) >= 11 is 12.3. The molecule has 2 aromatic rings. The number of halogens is 2. The van der Waals surface area contributed by atoms with Crippen molar-refractivity contribution in [2.45, 2.75) is 19.8 Å². The second kappa shape index (κ2) is 8.57. The number of carbonyl (C=O) groups is 1. The third-order valence-electron chi connectivity index (χ3n) is 3.53. The second-order valence-electron chi connectivity index (χ2n) is 5.52. The Morgan fingerprint density at radius 2 is 1.84 bits per heavy atom. The van der Waals surface area contributed by atoms with Gasteiger partial charge in [0.05, 0.1) is 17.4 Å². The number of rotatable bonds is 6. The Morgan fingerprint density at radius 3 is 2.44 bits per heavy atom. The van der Waals surface area contributed by atoms with Crippen LogP contribution in [0.15, 0.2) is 48.7 Å². The minimum absolute atomic E-state index is 0.200. The maximum atomic E-state index is 11.6. The number of nitriles is 1. The molecule has 0 saturated carbocycles. The van der Waals surface area contributed by atoms with Crippen molar-refractivity contribution in [2.24, 2.45) is 0 Å². The van der Waals surface area contributed by atoms with E-state index in [1.54, 1.807) is 18.2 Å². The van der Waals surface area contributed by atoms with Crippen LogP contribution in [0, 0.1) is 18.3 Å². The van der Waals surface area contributed by atoms with E-state index in [0.29, 0.717) is 33.5 Å². The molecule has 2 N–H and O–H groups in total. The van der Waals surface area contributed by atoms with E-state index in [2.05, 4.69) is 17.2 Å². The average Bonchev–Trinajstić information content (AvgIpc) is 2.53. The number of para-hydroxylation sites is 2. The molecular weight excluding hydrogens is 357 g/mol. The number of nitrogens with zero attached hydrogens (tertiary/aromatic N) is 1. The molecule has 25 heavy (non-hydrogen) atoms. The standard InChI is InChI=1S/C19H17Cl2N3O/c1-12-9-14(20)11-16(21)15(12)10-13(2)23-17-5-3-4-6-18(17)24-19(25)7-8-22/h3-6,9,11,23H,2,7,10H2,1H3,(H,24,25). The number of amides is 1. The van der Waals surface area contributed by atoms with Gasteiger partial charge in [-0.3, -0.25) is 4.79 Å². The number of allylic oxidation sites excluding steroid dienone is 1. The zero-order valence-electron chi connectivity index (χ0n) is 13.7. The van der Waals surface area contributed by atoms with E-state index >= 15 is 0 Å². The van der Waals surface area contributed by atoms with Crippen LogP contribution in [0.4, 0.5) is 11.4 Å². The topological polar surface area (TPSA) is 64.9 Å². The Morgan fingerprint density at radius 1 is 1.20 bits per heavy atom. The molecule has 0 atom stereocenters. The van der Waals surface area contributed by atoms with E-state index in [1.165, 1.54) is 0 Å². The van der Waals surface area contributed by atoms with Gasteiger partial charge in [-0.05, 0) is 42.3 Å². The zero-order chi connectivity index (χ0) is 18.4. The molecule has 0 aliphatic heterocycles. The van der Waals surface area contributed by atoms with Crippen LogP contribution in [0.5, 0.6) is 0 Å². The number of hydrogen-bond acceptors (Lipinski definition) is 3. The van der Waals surface area contributed by atoms with Gasteiger partial charge in [0.2, 0.25) is 5.91 Å². The summed E-state index contributed by atoms with van der Waals surface area (Å²) in [5, 5.41) is 15.7. The van der Waals surface area contributed by atoms with Crippen LogP contribution < -0.4 is 10.6 Å². The third kappa shape index (κ3) is 5.25. The van der Waals surface area contributed by atoms with Crippen LogP contribution >= 0.6 is 23.2 Å². The van der Waals surface area contributed by atoms with Gasteiger partial charge < -0.3 is 10.6 Å². The molecule has 0 aliphatic rings. The van der Waals surface area contributed by atoms with Gasteiger partial charge in [-0.2, -0.15) is 5.26 Å². The molecule has 0 aliphatic carbocycles. The molecule has 2 rings (SSSR count). The highest BCUT2D eigenvalue weighted by atomic mass is 35.5. The van der Waals surface area contributed by atoms with Crippen LogP contribution in [0.2, 0.25) is 10.0 Å². The van der Waals surface area contributed by atoms with Crippen molar-refractivity contribution < 1.29 is 4.79 Å². The van der Waals surface area contributed by atoms with Gasteiger partial charge in [0.1, 0.15) is 6.42 Å². The summed E-state index contributed by atoms with van der Waals surface area (Å²) in [6.45, 7) is 5.98. The minimum atomic E-state index is -0.362. The minimum Gasteiger partial charge on any atom is -0.357 e. The van der Waals surface area contributed by atoms with Crippen molar-refractivity contribution >= 4 is 40.5 Å². The van der Waals surface area contributed by atoms with Gasteiger partial charge in [-0.1, -0.05) is 41.9 Å². The summed E-state index contributed by atoms with van der Waals surface area (Å²) in [6, 6.07) is 12.6. The van der Waals surface area contributed by atoms with Crippen molar-refractivity contribution in [3.05, 3.63) is 69.8 Å². The van der Waals surface area contributed by atoms with Crippen molar-refractivity contribution in [2.75, 3.05) is 10.6 Å². The molecule has 0 bridgehead atoms. The lowest BCUT2D eigenvalue weighted by atomic mass is 10.0. The van der Waals surface area contributed by atoms with Gasteiger partial charge >= 0.3 is 0 Å². The lowest BCUT2D eigenvalue weighted by Crippen LogP contribution is -2.12. The zero-order valence-corrected chi connectivity index (χ0v) is 15.2. The van der Waals surface area contributed by atoms with E-state index in [9.17, 15) is 4.79 Å². The fourth-order valence-corrected chi connectivity index (χ4v) is 3.03. The third-order valence-corrected chi connectivity index (χ3v) is 4.08. The molecule has 0 radical (unpaired) electrons. The van der Waals surface area contributed by atoms with Gasteiger partial charge in [-0.15, -0.1) is 0 Å². The quantitative estimate of drug-likeness (QED) is 0.719. The van der Waals surface area contributed by atoms with Crippen LogP contribution in [0.25, 0.3) is 0 Å². The van der Waals surface area contributed by atoms with E-state index in [-0.39, 0.29) is 12.3 Å². The van der Waals surface area contributed by atoms with Gasteiger partial charge in [0.25, 0.3) is 0 Å². The molecule has 0 spiro atoms. The highest BCUT2D eigenvalue weighted by molar-refractivity contribution is 6.35. The van der Waals surface area contributed by atoms with Crippen molar-refractivity contribution in [3.63, 3.8) is 0 Å². The highest BCUT2D eigenvalue weighted by Gasteiger charge is 2.10. The molecule has 0 fully saturated rings. The lowest BCUT2D eigenvalue weighted by Gasteiger charge is -2.16. The first-order valence-electron chi connectivity index (χ1n) is 7.56. The van der Waals surface area contributed by atoms with Crippen LogP contribution in [0.3, 0.4) is 0 Å². The summed E-state index contributed by atoms with van der Waals surface area (Å²) < 4.78 is 0. The van der Waals surface area contributed by atoms with Gasteiger partial charge in [0, 0.05) is 22.2 Å². The SMILES string of the molecule is C=C(Cc1c(C)cc(Cl)cc1Cl)Nc1ccccc1NC(=O)CC#N. The number of hydrogen-bond donors (Lipinski definition) is 2. The molecular formula is C19H17Cl2N3O. The van der Waals surface area contributed by atoms with Gasteiger partial charge in [-0.25, -0.2) is 0 Å². The number of benzene rings is 2. The number of aryl methyl sites for hydroxylation is 1. The second-order valence-corrected chi connectivity index (χ2v) is 6.36. The average molecular weight is 374 g/mol. The molecule has 2 aromatic carbocycles. The molecule has 0 unspecified atom stereocenters. The molecule has 128 valence electrons. The maximum Gasteiger partial charge on any atom is 0.238 e. The van der Waals surface area contributed by atoms with Crippen LogP contribution in [0.1, 0.15) is 17.5 Å². The van der Waals surface area contributed by atoms with Crippen molar-refractivity contribution in [1.29, 1.82) is 5.26 Å². The first-order chi connectivity index (χ1) is 11.9. The fraction of sp³-hybridized carbons (Fsp3) is 0.158. The summed E-state index contributed by atoms with van der Waals surface area (Å²) in [5.74, 6) is -0.362. The predicted octanol–water partition coefficient (Wildman–Crippen LogP) is 5.32. The summed E-state index contributed by atoms with van der Waals surface area (Å²) in [4.78, 5) is 11.6. The number of nitrogens with one attached hydrogen (secondary N) is 2. The highest BCUT2D eigenvalue weighted by Crippen LogP contribution is 2.28. The Bertz CT molecular complexity index is 833. The molecule has 6 heteroatoms. The number of anilines is 2. The Labute approximate surface area is 157 Å². The molecule has 0 aromatic heterocycles. The van der Waals surface area contributed by atoms with Gasteiger partial charge in [0.15, 0.2) is 0 Å². The summed E-state index contributed by atoms with van der Waals surface area (Å²) in [6.07, 6.45) is 0.317. The smallest absolute Gasteiger partial charge is 0.238 e. The van der Waals surface area contributed by atoms with Crippen LogP contribution in [-0.4, -0.2) is 5.91 Å². The first kappa shape index (κ1) is 18.9. The monoisotopic (exact) mass is 373 g/mol. The molecule has 0 heterocycles. The molecule has 0 saturated heterocycles. The Balaban J connectivity index is 2.14. The molecule has 4 nitrogen and oxygen atoms in total. The van der Waals surface area contributed by atoms with Crippen LogP contribution in [-0.2, 0) is 11.2 Å². The maximum absolute atomic E-state index is 11.6. The van der Waals surface area contributed by atoms with Crippen molar-refractivity contribution in [1.82, 2.24) is 0 Å². The lowest BCUT2D eigenvalue weighted by molar-refractivity contribution is -0.115. The van der Waals surface area contributed by atoms with E-state index in [4.69, 9.17) is 28.5 Å². The Kier molecular flexibility index (Phi) is 6.46. The van der Waals surface area contributed by atoms with E-state index in [0.717, 1.165) is 11.1 Å².